The summed E-state index contributed by atoms with van der Waals surface area (Å²) < 4.78 is 42.3. The summed E-state index contributed by atoms with van der Waals surface area (Å²) in [5, 5.41) is 14.9. The van der Waals surface area contributed by atoms with Gasteiger partial charge in [-0.1, -0.05) is 31.5 Å². The number of fused-ring (bicyclic) bond motifs is 3. The predicted molar refractivity (Wildman–Crippen MR) is 129 cm³/mol. The highest BCUT2D eigenvalue weighted by Gasteiger charge is 2.26. The minimum Gasteiger partial charge on any atom is -0.494 e. The summed E-state index contributed by atoms with van der Waals surface area (Å²) in [6.45, 7) is 3.61. The first kappa shape index (κ1) is 23.6. The van der Waals surface area contributed by atoms with Crippen LogP contribution in [0.4, 0.5) is 26.1 Å². The molecule has 1 aliphatic rings. The Morgan fingerprint density at radius 3 is 2.86 bits per heavy atom. The zero-order valence-electron chi connectivity index (χ0n) is 19.7. The molecule has 0 aliphatic carbocycles. The Morgan fingerprint density at radius 2 is 2.11 bits per heavy atom. The molecule has 36 heavy (non-hydrogen) atoms. The van der Waals surface area contributed by atoms with E-state index in [0.29, 0.717) is 25.3 Å². The van der Waals surface area contributed by atoms with Crippen LogP contribution in [0.25, 0.3) is 22.2 Å². The van der Waals surface area contributed by atoms with Gasteiger partial charge in [-0.15, -0.1) is 0 Å². The van der Waals surface area contributed by atoms with Crippen LogP contribution in [-0.4, -0.2) is 33.2 Å². The molecule has 0 saturated carbocycles. The molecule has 5 rings (SSSR count). The van der Waals surface area contributed by atoms with Crippen molar-refractivity contribution in [3.05, 3.63) is 69.5 Å². The molecule has 2 aromatic heterocycles. The molecule has 0 bridgehead atoms. The largest absolute Gasteiger partial charge is 0.494 e. The van der Waals surface area contributed by atoms with Gasteiger partial charge in [-0.25, -0.2) is 14.4 Å². The van der Waals surface area contributed by atoms with Crippen molar-refractivity contribution >= 4 is 28.2 Å². The number of halogens is 2. The van der Waals surface area contributed by atoms with Gasteiger partial charge in [-0.2, -0.15) is 4.39 Å². The maximum atomic E-state index is 15.2. The van der Waals surface area contributed by atoms with E-state index in [2.05, 4.69) is 32.8 Å². The van der Waals surface area contributed by atoms with Crippen LogP contribution in [0, 0.1) is 21.7 Å². The molecule has 1 aliphatic heterocycles. The second kappa shape index (κ2) is 9.50. The van der Waals surface area contributed by atoms with Crippen LogP contribution in [0.15, 0.2) is 36.5 Å². The Hall–Kier alpha value is -4.12. The average Bonchev–Trinajstić information content (AvgIpc) is 3.21. The van der Waals surface area contributed by atoms with E-state index in [4.69, 9.17) is 9.47 Å². The monoisotopic (exact) mass is 495 g/mol. The molecule has 186 valence electrons. The number of benzene rings is 2. The number of nitrogens with one attached hydrogen (secondary N) is 1. The Bertz CT molecular complexity index is 1490. The van der Waals surface area contributed by atoms with Crippen molar-refractivity contribution < 1.29 is 23.2 Å². The number of nitrogens with zero attached hydrogens (tertiary/aromatic N) is 4. The van der Waals surface area contributed by atoms with Crippen molar-refractivity contribution in [3.8, 4) is 17.0 Å². The second-order valence-corrected chi connectivity index (χ2v) is 8.37. The lowest BCUT2D eigenvalue weighted by molar-refractivity contribution is -0.387. The number of rotatable bonds is 7. The van der Waals surface area contributed by atoms with Crippen LogP contribution in [0.1, 0.15) is 24.6 Å². The number of aryl methyl sites for hydroxylation is 1. The Kier molecular flexibility index (Phi) is 6.23. The molecule has 0 saturated heterocycles. The highest BCUT2D eigenvalue weighted by molar-refractivity contribution is 5.99. The number of nitro benzene ring substituents is 1. The van der Waals surface area contributed by atoms with Gasteiger partial charge >= 0.3 is 5.69 Å². The normalized spacial score (nSPS) is 13.0. The summed E-state index contributed by atoms with van der Waals surface area (Å²) in [7, 11) is 1.30. The first-order valence-corrected chi connectivity index (χ1v) is 11.5. The summed E-state index contributed by atoms with van der Waals surface area (Å²) >= 11 is 0. The number of nitro groups is 1. The predicted octanol–water partition coefficient (Wildman–Crippen LogP) is 5.52. The fourth-order valence-corrected chi connectivity index (χ4v) is 4.67. The van der Waals surface area contributed by atoms with Crippen molar-refractivity contribution in [2.45, 2.75) is 32.9 Å². The van der Waals surface area contributed by atoms with Gasteiger partial charge in [0.1, 0.15) is 11.4 Å². The van der Waals surface area contributed by atoms with Crippen LogP contribution in [-0.2, 0) is 24.3 Å². The topological polar surface area (TPSA) is 104 Å². The fourth-order valence-electron chi connectivity index (χ4n) is 4.67. The van der Waals surface area contributed by atoms with Gasteiger partial charge in [0, 0.05) is 29.6 Å². The van der Waals surface area contributed by atoms with E-state index in [1.54, 1.807) is 0 Å². The lowest BCUT2D eigenvalue weighted by Gasteiger charge is -2.19. The minimum atomic E-state index is -1.04. The lowest BCUT2D eigenvalue weighted by atomic mass is 10.0. The molecule has 1 N–H and O–H groups in total. The Balaban J connectivity index is 1.66. The zero-order chi connectivity index (χ0) is 25.4. The standard InChI is InChI=1S/C25H23F2N5O4/c1-3-5-14-6-4-7-15-22(20-13-36-9-8-31(20)24(14)15)23-17(27)12-28-25(30-23)29-18-11-19(32(33)34)16(26)10-21(18)35-2/h4,6-7,10-12H,3,5,8-9,13H2,1-2H3,(H,28,29,30). The molecule has 0 fully saturated rings. The van der Waals surface area contributed by atoms with Gasteiger partial charge in [0.15, 0.2) is 5.82 Å². The number of ether oxygens (including phenoxy) is 2. The number of aromatic nitrogens is 3. The van der Waals surface area contributed by atoms with Gasteiger partial charge in [0.25, 0.3) is 0 Å². The minimum absolute atomic E-state index is 0.0110. The van der Waals surface area contributed by atoms with E-state index >= 15 is 4.39 Å². The van der Waals surface area contributed by atoms with Gasteiger partial charge in [-0.3, -0.25) is 10.1 Å². The maximum Gasteiger partial charge on any atom is 0.307 e. The van der Waals surface area contributed by atoms with E-state index in [1.807, 2.05) is 12.1 Å². The molecule has 9 nitrogen and oxygen atoms in total. The lowest BCUT2D eigenvalue weighted by Crippen LogP contribution is -2.17. The molecular formula is C25H23F2N5O4. The van der Waals surface area contributed by atoms with Crippen molar-refractivity contribution in [2.75, 3.05) is 19.0 Å². The summed E-state index contributed by atoms with van der Waals surface area (Å²) in [5.74, 6) is -1.69. The first-order valence-electron chi connectivity index (χ1n) is 11.5. The summed E-state index contributed by atoms with van der Waals surface area (Å²) in [6, 6.07) is 7.85. The van der Waals surface area contributed by atoms with Crippen molar-refractivity contribution in [1.82, 2.24) is 14.5 Å². The van der Waals surface area contributed by atoms with Crippen LogP contribution in [0.5, 0.6) is 5.75 Å². The third kappa shape index (κ3) is 4.01. The molecule has 2 aromatic carbocycles. The van der Waals surface area contributed by atoms with Crippen molar-refractivity contribution in [1.29, 1.82) is 0 Å². The summed E-state index contributed by atoms with van der Waals surface area (Å²) in [4.78, 5) is 18.8. The molecule has 0 atom stereocenters. The molecule has 0 amide bonds. The van der Waals surface area contributed by atoms with Crippen LogP contribution in [0.2, 0.25) is 0 Å². The molecule has 0 unspecified atom stereocenters. The van der Waals surface area contributed by atoms with Crippen LogP contribution in [0.3, 0.4) is 0 Å². The number of hydrogen-bond acceptors (Lipinski definition) is 7. The van der Waals surface area contributed by atoms with Crippen molar-refractivity contribution in [2.24, 2.45) is 0 Å². The van der Waals surface area contributed by atoms with Gasteiger partial charge in [0.05, 0.1) is 48.3 Å². The maximum absolute atomic E-state index is 15.2. The Morgan fingerprint density at radius 1 is 1.28 bits per heavy atom. The van der Waals surface area contributed by atoms with E-state index in [0.717, 1.165) is 47.8 Å². The third-order valence-corrected chi connectivity index (χ3v) is 6.18. The zero-order valence-corrected chi connectivity index (χ0v) is 19.7. The molecule has 11 heteroatoms. The number of hydrogen-bond donors (Lipinski definition) is 1. The van der Waals surface area contributed by atoms with Gasteiger partial charge < -0.3 is 19.4 Å². The average molecular weight is 495 g/mol. The highest BCUT2D eigenvalue weighted by atomic mass is 19.1. The molecule has 3 heterocycles. The molecular weight excluding hydrogens is 472 g/mol. The third-order valence-electron chi connectivity index (χ3n) is 6.18. The van der Waals surface area contributed by atoms with Crippen LogP contribution >= 0.6 is 0 Å². The van der Waals surface area contributed by atoms with E-state index in [1.165, 1.54) is 12.7 Å². The molecule has 0 spiro atoms. The molecule has 0 radical (unpaired) electrons. The summed E-state index contributed by atoms with van der Waals surface area (Å²) in [6.07, 6.45) is 2.88. The van der Waals surface area contributed by atoms with Gasteiger partial charge in [-0.05, 0) is 12.0 Å². The first-order chi connectivity index (χ1) is 17.4. The fraction of sp³-hybridized carbons (Fsp3) is 0.280. The van der Waals surface area contributed by atoms with Gasteiger partial charge in [0.2, 0.25) is 11.8 Å². The second-order valence-electron chi connectivity index (χ2n) is 8.37. The smallest absolute Gasteiger partial charge is 0.307 e. The van der Waals surface area contributed by atoms with E-state index in [-0.39, 0.29) is 23.1 Å². The van der Waals surface area contributed by atoms with E-state index < -0.39 is 22.2 Å². The van der Waals surface area contributed by atoms with Crippen molar-refractivity contribution in [3.63, 3.8) is 0 Å². The summed E-state index contributed by atoms with van der Waals surface area (Å²) in [5.41, 5.74) is 3.03. The SMILES string of the molecule is CCCc1cccc2c(-c3nc(Nc4cc([N+](=O)[O-])c(F)cc4OC)ncc3F)c3n(c12)CCOC3. The van der Waals surface area contributed by atoms with E-state index in [9.17, 15) is 14.5 Å². The van der Waals surface area contributed by atoms with Crippen LogP contribution < -0.4 is 10.1 Å². The number of methoxy groups -OCH3 is 1. The highest BCUT2D eigenvalue weighted by Crippen LogP contribution is 2.40. The Labute approximate surface area is 204 Å². The quantitative estimate of drug-likeness (QED) is 0.266. The number of para-hydroxylation sites is 1. The molecule has 4 aromatic rings. The number of anilines is 2.